The second kappa shape index (κ2) is 52.7. The Bertz CT molecular complexity index is 1910. The molecule has 560 valence electrons. The Balaban J connectivity index is 1.55. The molecule has 18 unspecified atom stereocenters. The third-order valence-corrected chi connectivity index (χ3v) is 19.6. The molecule has 3 heterocycles. The van der Waals surface area contributed by atoms with Gasteiger partial charge in [0, 0.05) is 19.8 Å². The van der Waals surface area contributed by atoms with Gasteiger partial charge in [-0.15, -0.1) is 0 Å². The minimum absolute atomic E-state index is 0.229. The Kier molecular flexibility index (Phi) is 48.2. The zero-order chi connectivity index (χ0) is 69.6. The van der Waals surface area contributed by atoms with Crippen LogP contribution >= 0.6 is 0 Å². The number of nitrogens with one attached hydrogen (secondary N) is 2. The Labute approximate surface area is 569 Å². The molecule has 95 heavy (non-hydrogen) atoms. The van der Waals surface area contributed by atoms with E-state index in [4.69, 9.17) is 28.4 Å². The standard InChI is InChI=1S/C72H136N2O21/c1-4-6-8-10-12-14-16-18-20-22-24-25-26-27-28-29-31-33-35-37-39-41-43-45-54(79)53(74-59(82)46-44-42-40-38-36-34-32-30-23-21-19-17-15-13-11-9-7-5-2)51-90-69-64(86)63(85)66(58(50-77)92-69)93-70-65(87)68(62(84)57(49-76)91-70)95-72(71(88)89)47-55(80)60(73-52(3)78)67(94-72)61(83)56(81)48-75/h53-58,60-70,75-77,79-81,83-87H,4-51H2,1-3H3,(H,73,78)(H,74,82)(H,88,89). The first-order valence-electron chi connectivity index (χ1n) is 37.9. The quantitative estimate of drug-likeness (QED) is 0.0254. The van der Waals surface area contributed by atoms with E-state index in [-0.39, 0.29) is 18.9 Å². The van der Waals surface area contributed by atoms with Gasteiger partial charge in [-0.05, 0) is 12.8 Å². The molecule has 0 aromatic rings. The van der Waals surface area contributed by atoms with Gasteiger partial charge in [0.05, 0.1) is 50.7 Å². The average molecular weight is 1370 g/mol. The molecular formula is C72H136N2O21. The van der Waals surface area contributed by atoms with Gasteiger partial charge < -0.3 is 100 Å². The summed E-state index contributed by atoms with van der Waals surface area (Å²) in [5.41, 5.74) is 0. The number of hydrogen-bond donors (Lipinski definition) is 14. The molecule has 3 rings (SSSR count). The highest BCUT2D eigenvalue weighted by molar-refractivity contribution is 5.77. The summed E-state index contributed by atoms with van der Waals surface area (Å²) in [6.45, 7) is 2.25. The van der Waals surface area contributed by atoms with Crippen LogP contribution in [0.1, 0.15) is 303 Å². The Morgan fingerprint density at radius 1 is 0.505 bits per heavy atom. The summed E-state index contributed by atoms with van der Waals surface area (Å²) < 4.78 is 34.9. The van der Waals surface area contributed by atoms with Crippen molar-refractivity contribution < 1.29 is 104 Å². The first-order chi connectivity index (χ1) is 45.9. The van der Waals surface area contributed by atoms with E-state index in [0.717, 1.165) is 51.9 Å². The molecule has 23 heteroatoms. The number of carbonyl (C=O) groups excluding carboxylic acids is 2. The van der Waals surface area contributed by atoms with Crippen LogP contribution in [0.15, 0.2) is 0 Å². The van der Waals surface area contributed by atoms with Crippen LogP contribution in [-0.2, 0) is 42.8 Å². The highest BCUT2D eigenvalue weighted by Crippen LogP contribution is 2.39. The van der Waals surface area contributed by atoms with E-state index in [9.17, 15) is 75.7 Å². The lowest BCUT2D eigenvalue weighted by atomic mass is 9.88. The molecule has 3 saturated heterocycles. The summed E-state index contributed by atoms with van der Waals surface area (Å²) in [5.74, 6) is -6.09. The van der Waals surface area contributed by atoms with Crippen LogP contribution in [0.4, 0.5) is 0 Å². The summed E-state index contributed by atoms with van der Waals surface area (Å²) in [7, 11) is 0. The molecule has 23 nitrogen and oxygen atoms in total. The fraction of sp³-hybridized carbons (Fsp3) is 0.958. The molecule has 3 aliphatic heterocycles. The van der Waals surface area contributed by atoms with Gasteiger partial charge in [0.2, 0.25) is 11.8 Å². The number of unbranched alkanes of at least 4 members (excludes halogenated alkanes) is 39. The van der Waals surface area contributed by atoms with Gasteiger partial charge in [0.1, 0.15) is 67.1 Å². The van der Waals surface area contributed by atoms with Gasteiger partial charge in [-0.3, -0.25) is 9.59 Å². The van der Waals surface area contributed by atoms with Crippen molar-refractivity contribution in [3.8, 4) is 0 Å². The van der Waals surface area contributed by atoms with Crippen LogP contribution in [0, 0.1) is 0 Å². The largest absolute Gasteiger partial charge is 0.477 e. The molecule has 14 N–H and O–H groups in total. The zero-order valence-corrected chi connectivity index (χ0v) is 58.8. The second-order valence-corrected chi connectivity index (χ2v) is 27.9. The molecule has 0 spiro atoms. The topological polar surface area (TPSA) is 373 Å². The maximum absolute atomic E-state index is 13.5. The summed E-state index contributed by atoms with van der Waals surface area (Å²) >= 11 is 0. The van der Waals surface area contributed by atoms with Crippen LogP contribution < -0.4 is 10.6 Å². The lowest BCUT2D eigenvalue weighted by Crippen LogP contribution is -2.70. The van der Waals surface area contributed by atoms with Crippen molar-refractivity contribution >= 4 is 17.8 Å². The van der Waals surface area contributed by atoms with E-state index in [1.165, 1.54) is 205 Å². The average Bonchev–Trinajstić information content (AvgIpc) is 0.758. The van der Waals surface area contributed by atoms with Crippen LogP contribution in [0.3, 0.4) is 0 Å². The minimum atomic E-state index is -3.08. The smallest absolute Gasteiger partial charge is 0.364 e. The maximum atomic E-state index is 13.5. The van der Waals surface area contributed by atoms with Gasteiger partial charge in [-0.25, -0.2) is 4.79 Å². The number of carboxylic acids is 1. The van der Waals surface area contributed by atoms with Crippen molar-refractivity contribution in [2.75, 3.05) is 26.4 Å². The van der Waals surface area contributed by atoms with Crippen molar-refractivity contribution in [2.24, 2.45) is 0 Å². The highest BCUT2D eigenvalue weighted by Gasteiger charge is 2.60. The molecular weight excluding hydrogens is 1230 g/mol. The molecule has 2 amide bonds. The fourth-order valence-corrected chi connectivity index (χ4v) is 13.5. The molecule has 0 radical (unpaired) electrons. The number of aliphatic hydroxyl groups is 11. The number of carbonyl (C=O) groups is 3. The molecule has 18 atom stereocenters. The van der Waals surface area contributed by atoms with E-state index in [0.29, 0.717) is 19.3 Å². The molecule has 0 aromatic heterocycles. The zero-order valence-electron chi connectivity index (χ0n) is 58.8. The van der Waals surface area contributed by atoms with E-state index < -0.39 is 148 Å². The van der Waals surface area contributed by atoms with Crippen LogP contribution in [0.5, 0.6) is 0 Å². The third-order valence-electron chi connectivity index (χ3n) is 19.6. The van der Waals surface area contributed by atoms with Crippen molar-refractivity contribution in [2.45, 2.75) is 413 Å². The number of hydrogen-bond acceptors (Lipinski definition) is 20. The Morgan fingerprint density at radius 2 is 0.916 bits per heavy atom. The van der Waals surface area contributed by atoms with E-state index >= 15 is 0 Å². The van der Waals surface area contributed by atoms with Crippen molar-refractivity contribution in [3.63, 3.8) is 0 Å². The van der Waals surface area contributed by atoms with Crippen LogP contribution in [0.2, 0.25) is 0 Å². The monoisotopic (exact) mass is 1360 g/mol. The SMILES string of the molecule is CCCCCCCCCCCCCCCCCCCCCCCCCC(O)C(COC1OC(CO)C(OC2OC(CO)C(O)C(OC3(C(=O)O)CC(O)C(NC(C)=O)C(C(O)C(O)CO)O3)C2O)C(O)C1O)NC(=O)CCCCCCCCCCCCCCCCCCCC. The van der Waals surface area contributed by atoms with E-state index in [1.807, 2.05) is 0 Å². The van der Waals surface area contributed by atoms with Crippen LogP contribution in [-0.4, -0.2) is 215 Å². The van der Waals surface area contributed by atoms with Gasteiger partial charge in [-0.1, -0.05) is 271 Å². The minimum Gasteiger partial charge on any atom is -0.477 e. The third kappa shape index (κ3) is 34.3. The van der Waals surface area contributed by atoms with Gasteiger partial charge in [0.25, 0.3) is 5.79 Å². The predicted octanol–water partition coefficient (Wildman–Crippen LogP) is 8.46. The molecule has 3 aliphatic rings. The number of aliphatic carboxylic acids is 1. The van der Waals surface area contributed by atoms with Crippen LogP contribution in [0.25, 0.3) is 0 Å². The lowest BCUT2D eigenvalue weighted by molar-refractivity contribution is -0.386. The molecule has 0 aliphatic carbocycles. The molecule has 0 bridgehead atoms. The summed E-state index contributed by atoms with van der Waals surface area (Å²) in [6.07, 6.45) is 22.4. The fourth-order valence-electron chi connectivity index (χ4n) is 13.5. The van der Waals surface area contributed by atoms with Gasteiger partial charge >= 0.3 is 5.97 Å². The number of ether oxygens (including phenoxy) is 6. The number of amides is 2. The number of carboxylic acid groups (broad SMARTS) is 1. The summed E-state index contributed by atoms with van der Waals surface area (Å²) in [6, 6.07) is -2.52. The first-order valence-corrected chi connectivity index (χ1v) is 37.9. The number of aliphatic hydroxyl groups excluding tert-OH is 11. The highest BCUT2D eigenvalue weighted by atomic mass is 16.8. The first kappa shape index (κ1) is 86.9. The van der Waals surface area contributed by atoms with Crippen molar-refractivity contribution in [3.05, 3.63) is 0 Å². The maximum Gasteiger partial charge on any atom is 0.364 e. The lowest BCUT2D eigenvalue weighted by Gasteiger charge is -2.50. The molecule has 0 saturated carbocycles. The second-order valence-electron chi connectivity index (χ2n) is 27.9. The van der Waals surface area contributed by atoms with Gasteiger partial charge in [0.15, 0.2) is 12.6 Å². The Morgan fingerprint density at radius 3 is 1.32 bits per heavy atom. The number of rotatable bonds is 59. The normalized spacial score (nSPS) is 27.7. The molecule has 0 aromatic carbocycles. The van der Waals surface area contributed by atoms with Crippen molar-refractivity contribution in [1.82, 2.24) is 10.6 Å². The summed E-state index contributed by atoms with van der Waals surface area (Å²) in [4.78, 5) is 38.6. The summed E-state index contributed by atoms with van der Waals surface area (Å²) in [5, 5.41) is 136. The molecule has 3 fully saturated rings. The predicted molar refractivity (Wildman–Crippen MR) is 362 cm³/mol. The van der Waals surface area contributed by atoms with Crippen molar-refractivity contribution in [1.29, 1.82) is 0 Å². The van der Waals surface area contributed by atoms with Gasteiger partial charge in [-0.2, -0.15) is 0 Å². The van der Waals surface area contributed by atoms with E-state index in [1.54, 1.807) is 0 Å². The Hall–Kier alpha value is -2.27. The van der Waals surface area contributed by atoms with E-state index in [2.05, 4.69) is 24.5 Å².